The number of hydrogen-bond acceptors (Lipinski definition) is 3. The fourth-order valence-corrected chi connectivity index (χ4v) is 2.51. The number of amides is 2. The van der Waals surface area contributed by atoms with Crippen LogP contribution in [0.3, 0.4) is 0 Å². The number of halogens is 1. The Kier molecular flexibility index (Phi) is 5.38. The summed E-state index contributed by atoms with van der Waals surface area (Å²) in [4.78, 5) is 36.0. The van der Waals surface area contributed by atoms with Crippen LogP contribution in [0.4, 0.5) is 4.79 Å². The summed E-state index contributed by atoms with van der Waals surface area (Å²) in [5, 5.41) is 12.0. The molecule has 0 aromatic heterocycles. The van der Waals surface area contributed by atoms with Crippen LogP contribution in [0, 0.1) is 5.92 Å². The first-order valence-corrected chi connectivity index (χ1v) is 7.39. The molecule has 1 heterocycles. The molecule has 0 atom stereocenters. The van der Waals surface area contributed by atoms with Crippen molar-refractivity contribution in [2.24, 2.45) is 5.92 Å². The van der Waals surface area contributed by atoms with Crippen LogP contribution in [-0.2, 0) is 4.79 Å². The molecule has 1 aromatic carbocycles. The number of rotatable bonds is 4. The number of nitrogens with one attached hydrogen (secondary N) is 1. The Morgan fingerprint density at radius 1 is 1.18 bits per heavy atom. The normalized spacial score (nSPS) is 15.4. The van der Waals surface area contributed by atoms with E-state index in [0.29, 0.717) is 36.5 Å². The smallest absolute Gasteiger partial charge is 0.407 e. The first-order valence-electron chi connectivity index (χ1n) is 7.01. The summed E-state index contributed by atoms with van der Waals surface area (Å²) in [6, 6.07) is 6.47. The molecular formula is C15H17ClN2O4. The van der Waals surface area contributed by atoms with Gasteiger partial charge in [-0.15, -0.1) is 0 Å². The molecule has 22 heavy (non-hydrogen) atoms. The fraction of sp³-hybridized carbons (Fsp3) is 0.400. The number of carbonyl (C=O) groups is 3. The number of carboxylic acid groups (broad SMARTS) is 1. The number of likely N-dealkylation sites (tertiary alicyclic amines) is 1. The fourth-order valence-electron chi connectivity index (χ4n) is 2.38. The van der Waals surface area contributed by atoms with Crippen molar-refractivity contribution in [1.29, 1.82) is 0 Å². The van der Waals surface area contributed by atoms with Crippen molar-refractivity contribution < 1.29 is 19.5 Å². The minimum atomic E-state index is -0.961. The van der Waals surface area contributed by atoms with Crippen LogP contribution in [0.25, 0.3) is 0 Å². The van der Waals surface area contributed by atoms with Crippen LogP contribution in [0.15, 0.2) is 24.3 Å². The molecule has 1 aliphatic heterocycles. The largest absolute Gasteiger partial charge is 0.465 e. The van der Waals surface area contributed by atoms with Gasteiger partial charge in [0.05, 0.1) is 6.54 Å². The van der Waals surface area contributed by atoms with Crippen LogP contribution in [0.1, 0.15) is 23.2 Å². The molecule has 1 aromatic rings. The number of nitrogens with zero attached hydrogens (tertiary/aromatic N) is 1. The Morgan fingerprint density at radius 2 is 1.77 bits per heavy atom. The van der Waals surface area contributed by atoms with Crippen molar-refractivity contribution in [3.8, 4) is 0 Å². The second-order valence-electron chi connectivity index (χ2n) is 5.19. The van der Waals surface area contributed by atoms with E-state index in [1.165, 1.54) is 4.90 Å². The van der Waals surface area contributed by atoms with Gasteiger partial charge < -0.3 is 15.3 Å². The summed E-state index contributed by atoms with van der Waals surface area (Å²) >= 11 is 5.75. The van der Waals surface area contributed by atoms with Crippen LogP contribution in [-0.4, -0.2) is 47.4 Å². The highest BCUT2D eigenvalue weighted by Gasteiger charge is 2.27. The van der Waals surface area contributed by atoms with Gasteiger partial charge in [0.15, 0.2) is 5.78 Å². The molecule has 0 spiro atoms. The third-order valence-corrected chi connectivity index (χ3v) is 3.98. The number of carbonyl (C=O) groups excluding carboxylic acids is 2. The molecule has 6 nitrogen and oxygen atoms in total. The minimum absolute atomic E-state index is 0.0698. The molecule has 118 valence electrons. The predicted octanol–water partition coefficient (Wildman–Crippen LogP) is 2.03. The maximum atomic E-state index is 12.0. The predicted molar refractivity (Wildman–Crippen MR) is 81.1 cm³/mol. The van der Waals surface area contributed by atoms with Crippen molar-refractivity contribution >= 4 is 29.4 Å². The number of hydrogen-bond donors (Lipinski definition) is 2. The summed E-state index contributed by atoms with van der Waals surface area (Å²) < 4.78 is 0. The average Bonchev–Trinajstić information content (AvgIpc) is 2.53. The quantitative estimate of drug-likeness (QED) is 0.830. The van der Waals surface area contributed by atoms with Crippen molar-refractivity contribution in [1.82, 2.24) is 10.2 Å². The maximum absolute atomic E-state index is 12.0. The molecule has 0 unspecified atom stereocenters. The van der Waals surface area contributed by atoms with E-state index in [1.54, 1.807) is 24.3 Å². The van der Waals surface area contributed by atoms with Crippen LogP contribution in [0.2, 0.25) is 5.02 Å². The average molecular weight is 325 g/mol. The standard InChI is InChI=1S/C15H17ClN2O4/c16-12-3-1-10(2-4-12)13(19)9-17-14(20)11-5-7-18(8-6-11)15(21)22/h1-4,11H,5-9H2,(H,17,20)(H,21,22). The van der Waals surface area contributed by atoms with E-state index in [0.717, 1.165) is 0 Å². The molecule has 7 heteroatoms. The third kappa shape index (κ3) is 4.21. The van der Waals surface area contributed by atoms with Crippen molar-refractivity contribution in [2.45, 2.75) is 12.8 Å². The van der Waals surface area contributed by atoms with Crippen molar-refractivity contribution in [3.63, 3.8) is 0 Å². The van der Waals surface area contributed by atoms with Gasteiger partial charge in [-0.3, -0.25) is 9.59 Å². The highest BCUT2D eigenvalue weighted by Crippen LogP contribution is 2.17. The molecule has 2 amide bonds. The lowest BCUT2D eigenvalue weighted by molar-refractivity contribution is -0.126. The topological polar surface area (TPSA) is 86.7 Å². The molecule has 0 saturated carbocycles. The Morgan fingerprint density at radius 3 is 2.32 bits per heavy atom. The van der Waals surface area contributed by atoms with E-state index in [2.05, 4.69) is 5.32 Å². The van der Waals surface area contributed by atoms with E-state index in [4.69, 9.17) is 16.7 Å². The van der Waals surface area contributed by atoms with E-state index < -0.39 is 6.09 Å². The summed E-state index contributed by atoms with van der Waals surface area (Å²) in [6.45, 7) is 0.622. The summed E-state index contributed by atoms with van der Waals surface area (Å²) in [7, 11) is 0. The lowest BCUT2D eigenvalue weighted by Crippen LogP contribution is -2.43. The van der Waals surface area contributed by atoms with E-state index in [9.17, 15) is 14.4 Å². The van der Waals surface area contributed by atoms with E-state index in [-0.39, 0.29) is 24.2 Å². The van der Waals surface area contributed by atoms with Gasteiger partial charge in [-0.25, -0.2) is 4.79 Å². The maximum Gasteiger partial charge on any atom is 0.407 e. The van der Waals surface area contributed by atoms with Gasteiger partial charge in [0, 0.05) is 29.6 Å². The SMILES string of the molecule is O=C(CNC(=O)C1CCN(C(=O)O)CC1)c1ccc(Cl)cc1. The van der Waals surface area contributed by atoms with E-state index in [1.807, 2.05) is 0 Å². The first kappa shape index (κ1) is 16.3. The number of Topliss-reactive ketones (excluding diaryl/α,β-unsaturated/α-hetero) is 1. The van der Waals surface area contributed by atoms with Crippen molar-refractivity contribution in [3.05, 3.63) is 34.9 Å². The molecule has 0 bridgehead atoms. The summed E-state index contributed by atoms with van der Waals surface area (Å²) in [6.07, 6.45) is -0.00245. The number of piperidine rings is 1. The molecule has 0 radical (unpaired) electrons. The van der Waals surface area contributed by atoms with Crippen LogP contribution < -0.4 is 5.32 Å². The van der Waals surface area contributed by atoms with Gasteiger partial charge in [-0.2, -0.15) is 0 Å². The van der Waals surface area contributed by atoms with Crippen molar-refractivity contribution in [2.75, 3.05) is 19.6 Å². The zero-order chi connectivity index (χ0) is 16.1. The highest BCUT2D eigenvalue weighted by molar-refractivity contribution is 6.30. The zero-order valence-corrected chi connectivity index (χ0v) is 12.7. The molecule has 2 N–H and O–H groups in total. The van der Waals surface area contributed by atoms with Gasteiger partial charge in [-0.1, -0.05) is 11.6 Å². The zero-order valence-electron chi connectivity index (χ0n) is 11.9. The minimum Gasteiger partial charge on any atom is -0.465 e. The first-order chi connectivity index (χ1) is 10.5. The Hall–Kier alpha value is -2.08. The van der Waals surface area contributed by atoms with Gasteiger partial charge in [0.25, 0.3) is 0 Å². The lowest BCUT2D eigenvalue weighted by Gasteiger charge is -2.29. The summed E-state index contributed by atoms with van der Waals surface area (Å²) in [5.41, 5.74) is 0.491. The molecule has 1 fully saturated rings. The lowest BCUT2D eigenvalue weighted by atomic mass is 9.96. The Balaban J connectivity index is 1.79. The molecule has 1 saturated heterocycles. The second-order valence-corrected chi connectivity index (χ2v) is 5.63. The van der Waals surface area contributed by atoms with Gasteiger partial charge in [0.1, 0.15) is 0 Å². The van der Waals surface area contributed by atoms with E-state index >= 15 is 0 Å². The summed E-state index contributed by atoms with van der Waals surface area (Å²) in [5.74, 6) is -0.631. The molecular weight excluding hydrogens is 308 g/mol. The highest BCUT2D eigenvalue weighted by atomic mass is 35.5. The Labute approximate surface area is 133 Å². The molecule has 0 aliphatic carbocycles. The second kappa shape index (κ2) is 7.26. The number of ketones is 1. The molecule has 1 aliphatic rings. The Bertz CT molecular complexity index is 565. The molecule has 2 rings (SSSR count). The van der Waals surface area contributed by atoms with Gasteiger partial charge in [0.2, 0.25) is 5.91 Å². The third-order valence-electron chi connectivity index (χ3n) is 3.73. The van der Waals surface area contributed by atoms with Gasteiger partial charge >= 0.3 is 6.09 Å². The van der Waals surface area contributed by atoms with Crippen LogP contribution in [0.5, 0.6) is 0 Å². The van der Waals surface area contributed by atoms with Gasteiger partial charge in [-0.05, 0) is 37.1 Å². The monoisotopic (exact) mass is 324 g/mol. The van der Waals surface area contributed by atoms with Crippen LogP contribution >= 0.6 is 11.6 Å². The number of benzene rings is 1.